The third-order valence-corrected chi connectivity index (χ3v) is 4.13. The van der Waals surface area contributed by atoms with Crippen molar-refractivity contribution in [3.05, 3.63) is 0 Å². The van der Waals surface area contributed by atoms with E-state index in [-0.39, 0.29) is 0 Å². The van der Waals surface area contributed by atoms with Crippen molar-refractivity contribution in [2.24, 2.45) is 0 Å². The summed E-state index contributed by atoms with van der Waals surface area (Å²) in [7, 11) is 0. The van der Waals surface area contributed by atoms with Gasteiger partial charge in [0, 0.05) is 0 Å². The van der Waals surface area contributed by atoms with E-state index in [0.29, 0.717) is 0 Å². The molecule has 0 aromatic carbocycles. The molecule has 0 radical (unpaired) electrons. The number of aliphatic hydroxyl groups is 7. The van der Waals surface area contributed by atoms with E-state index in [0.717, 1.165) is 0 Å². The molecule has 8 N–H and O–H groups in total. The fourth-order valence-electron chi connectivity index (χ4n) is 2.69. The molecule has 2 fully saturated rings. The lowest BCUT2D eigenvalue weighted by atomic mass is 9.99. The van der Waals surface area contributed by atoms with Gasteiger partial charge >= 0.3 is 0 Å². The summed E-state index contributed by atoms with van der Waals surface area (Å²) in [6.07, 6.45) is -12.8. The molecule has 2 aliphatic rings. The van der Waals surface area contributed by atoms with Gasteiger partial charge in [0.2, 0.25) is 5.79 Å². The van der Waals surface area contributed by atoms with Crippen LogP contribution in [0.4, 0.5) is 0 Å². The van der Waals surface area contributed by atoms with Crippen LogP contribution >= 0.6 is 0 Å². The van der Waals surface area contributed by atoms with E-state index < -0.39 is 74.6 Å². The largest absolute Gasteiger partial charge is 0.394 e. The lowest BCUT2D eigenvalue weighted by molar-refractivity contribution is -0.391. The average molecular weight is 358 g/mol. The Hall–Kier alpha value is -0.480. The Kier molecular flexibility index (Phi) is 6.46. The van der Waals surface area contributed by atoms with Gasteiger partial charge in [-0.25, -0.2) is 4.89 Å². The van der Waals surface area contributed by atoms with Crippen LogP contribution < -0.4 is 0 Å². The van der Waals surface area contributed by atoms with Crippen molar-refractivity contribution < 1.29 is 60.1 Å². The van der Waals surface area contributed by atoms with Gasteiger partial charge in [-0.3, -0.25) is 5.26 Å². The van der Waals surface area contributed by atoms with E-state index in [1.165, 1.54) is 0 Å². The summed E-state index contributed by atoms with van der Waals surface area (Å²) in [4.78, 5) is 3.84. The highest BCUT2D eigenvalue weighted by Crippen LogP contribution is 2.35. The molecule has 0 unspecified atom stereocenters. The van der Waals surface area contributed by atoms with Gasteiger partial charge in [-0.2, -0.15) is 0 Å². The van der Waals surface area contributed by atoms with Gasteiger partial charge in [0.05, 0.1) is 6.61 Å². The molecule has 0 saturated carbocycles. The highest BCUT2D eigenvalue weighted by atomic mass is 17.1. The van der Waals surface area contributed by atoms with Crippen LogP contribution in [0, 0.1) is 0 Å². The predicted octanol–water partition coefficient (Wildman–Crippen LogP) is -4.90. The van der Waals surface area contributed by atoms with Crippen LogP contribution in [0.3, 0.4) is 0 Å². The minimum absolute atomic E-state index is 0.567. The first-order valence-corrected chi connectivity index (χ1v) is 7.20. The van der Waals surface area contributed by atoms with E-state index in [4.69, 9.17) is 24.6 Å². The molecule has 142 valence electrons. The van der Waals surface area contributed by atoms with Crippen LogP contribution in [0.25, 0.3) is 0 Å². The number of ether oxygens (including phenoxy) is 3. The standard InChI is InChI=1S/C12H22O12/c13-1-4-7(16)10(19)12(3-14,23-4)24-11-9(18)8(17)6(15)5(22-11)2-21-20/h4-11,13-20H,1-3H2/t4-,5-,6-,7-,8+,9-,10+,11-,12+/m1/s1. The van der Waals surface area contributed by atoms with Gasteiger partial charge in [0.1, 0.15) is 55.9 Å². The zero-order chi connectivity index (χ0) is 18.1. The molecule has 2 heterocycles. The Labute approximate surface area is 135 Å². The summed E-state index contributed by atoms with van der Waals surface area (Å²) in [5.41, 5.74) is 0. The topological polar surface area (TPSA) is 199 Å². The minimum atomic E-state index is -2.24. The smallest absolute Gasteiger partial charge is 0.224 e. The maximum atomic E-state index is 10.0. The van der Waals surface area contributed by atoms with Gasteiger partial charge in [-0.1, -0.05) is 0 Å². The first kappa shape index (κ1) is 19.8. The first-order chi connectivity index (χ1) is 11.3. The van der Waals surface area contributed by atoms with E-state index in [1.807, 2.05) is 0 Å². The number of rotatable bonds is 6. The fourth-order valence-corrected chi connectivity index (χ4v) is 2.69. The van der Waals surface area contributed by atoms with Crippen molar-refractivity contribution in [2.45, 2.75) is 54.8 Å². The van der Waals surface area contributed by atoms with Crippen molar-refractivity contribution in [3.63, 3.8) is 0 Å². The molecule has 0 aromatic rings. The molecule has 2 aliphatic heterocycles. The first-order valence-electron chi connectivity index (χ1n) is 7.20. The highest BCUT2D eigenvalue weighted by Gasteiger charge is 2.58. The maximum absolute atomic E-state index is 10.0. The molecule has 0 aliphatic carbocycles. The monoisotopic (exact) mass is 358 g/mol. The summed E-state index contributed by atoms with van der Waals surface area (Å²) >= 11 is 0. The Morgan fingerprint density at radius 3 is 2.04 bits per heavy atom. The summed E-state index contributed by atoms with van der Waals surface area (Å²) in [5.74, 6) is -2.24. The number of hydrogen-bond acceptors (Lipinski definition) is 12. The lowest BCUT2D eigenvalue weighted by Gasteiger charge is -2.43. The van der Waals surface area contributed by atoms with Crippen molar-refractivity contribution in [1.29, 1.82) is 0 Å². The van der Waals surface area contributed by atoms with E-state index >= 15 is 0 Å². The molecule has 0 amide bonds. The quantitative estimate of drug-likeness (QED) is 0.166. The second-order valence-corrected chi connectivity index (χ2v) is 5.67. The molecule has 24 heavy (non-hydrogen) atoms. The van der Waals surface area contributed by atoms with Crippen LogP contribution in [-0.2, 0) is 19.1 Å². The molecule has 0 bridgehead atoms. The molecular formula is C12H22O12. The molecule has 2 saturated heterocycles. The van der Waals surface area contributed by atoms with Crippen molar-refractivity contribution >= 4 is 0 Å². The van der Waals surface area contributed by atoms with Gasteiger partial charge in [0.25, 0.3) is 0 Å². The van der Waals surface area contributed by atoms with Gasteiger partial charge in [0.15, 0.2) is 6.29 Å². The zero-order valence-corrected chi connectivity index (χ0v) is 12.5. The molecule has 9 atom stereocenters. The normalized spacial score (nSPS) is 49.5. The van der Waals surface area contributed by atoms with Crippen LogP contribution in [-0.4, -0.2) is 116 Å². The molecular weight excluding hydrogens is 336 g/mol. The van der Waals surface area contributed by atoms with Crippen molar-refractivity contribution in [2.75, 3.05) is 19.8 Å². The summed E-state index contributed by atoms with van der Waals surface area (Å²) in [5, 5.41) is 76.3. The van der Waals surface area contributed by atoms with Crippen LogP contribution in [0.5, 0.6) is 0 Å². The highest BCUT2D eigenvalue weighted by molar-refractivity contribution is 4.98. The van der Waals surface area contributed by atoms with Crippen molar-refractivity contribution in [3.8, 4) is 0 Å². The van der Waals surface area contributed by atoms with E-state index in [9.17, 15) is 30.6 Å². The molecule has 0 spiro atoms. The Morgan fingerprint density at radius 1 is 0.875 bits per heavy atom. The van der Waals surface area contributed by atoms with Crippen LogP contribution in [0.2, 0.25) is 0 Å². The summed E-state index contributed by atoms with van der Waals surface area (Å²) in [6, 6.07) is 0. The number of aliphatic hydroxyl groups excluding tert-OH is 7. The molecule has 0 aromatic heterocycles. The van der Waals surface area contributed by atoms with Crippen molar-refractivity contribution in [1.82, 2.24) is 0 Å². The maximum Gasteiger partial charge on any atom is 0.224 e. The third-order valence-electron chi connectivity index (χ3n) is 4.13. The van der Waals surface area contributed by atoms with Crippen LogP contribution in [0.1, 0.15) is 0 Å². The van der Waals surface area contributed by atoms with Gasteiger partial charge in [-0.15, -0.1) is 0 Å². The second kappa shape index (κ2) is 7.82. The third kappa shape index (κ3) is 3.41. The van der Waals surface area contributed by atoms with Crippen LogP contribution in [0.15, 0.2) is 0 Å². The average Bonchev–Trinajstić information content (AvgIpc) is 2.82. The molecule has 12 nitrogen and oxygen atoms in total. The SMILES string of the molecule is OC[C@H]1O[C@@](CO)(O[C@H]2O[C@H](COO)[C@@H](O)[C@H](O)[C@H]2O)[C@@H](O)[C@@H]1O. The Morgan fingerprint density at radius 2 is 1.54 bits per heavy atom. The summed E-state index contributed by atoms with van der Waals surface area (Å²) in [6.45, 7) is -2.23. The minimum Gasteiger partial charge on any atom is -0.394 e. The van der Waals surface area contributed by atoms with E-state index in [2.05, 4.69) is 4.89 Å². The van der Waals surface area contributed by atoms with Gasteiger partial charge in [-0.05, 0) is 0 Å². The fraction of sp³-hybridized carbons (Fsp3) is 1.00. The molecule has 2 rings (SSSR count). The Balaban J connectivity index is 2.17. The second-order valence-electron chi connectivity index (χ2n) is 5.67. The Bertz CT molecular complexity index is 409. The molecule has 12 heteroatoms. The lowest BCUT2D eigenvalue weighted by Crippen LogP contribution is -2.62. The summed E-state index contributed by atoms with van der Waals surface area (Å²) < 4.78 is 15.5. The predicted molar refractivity (Wildman–Crippen MR) is 70.1 cm³/mol. The number of hydrogen-bond donors (Lipinski definition) is 8. The van der Waals surface area contributed by atoms with E-state index in [1.54, 1.807) is 0 Å². The van der Waals surface area contributed by atoms with Gasteiger partial charge < -0.3 is 50.0 Å². The zero-order valence-electron chi connectivity index (χ0n) is 12.5.